The van der Waals surface area contributed by atoms with Gasteiger partial charge in [-0.3, -0.25) is 4.79 Å². The molecule has 1 aromatic carbocycles. The Balaban J connectivity index is 0.00000264. The number of furan rings is 1. The minimum absolute atomic E-state index is 0. The summed E-state index contributed by atoms with van der Waals surface area (Å²) in [6.45, 7) is 2.15. The highest BCUT2D eigenvalue weighted by molar-refractivity contribution is 5.94. The fourth-order valence-electron chi connectivity index (χ4n) is 2.09. The number of rotatable bonds is 6. The second-order valence-corrected chi connectivity index (χ2v) is 4.82. The third-order valence-corrected chi connectivity index (χ3v) is 3.37. The number of halogens is 1. The van der Waals surface area contributed by atoms with E-state index in [0.29, 0.717) is 22.8 Å². The van der Waals surface area contributed by atoms with E-state index in [9.17, 15) is 4.79 Å². The number of methoxy groups -OCH3 is 2. The first-order chi connectivity index (χ1) is 10.6. The molecule has 7 heteroatoms. The van der Waals surface area contributed by atoms with Crippen molar-refractivity contribution in [1.29, 1.82) is 0 Å². The van der Waals surface area contributed by atoms with Crippen LogP contribution < -0.4 is 20.5 Å². The van der Waals surface area contributed by atoms with E-state index in [2.05, 4.69) is 5.32 Å². The fourth-order valence-corrected chi connectivity index (χ4v) is 2.09. The van der Waals surface area contributed by atoms with E-state index in [1.54, 1.807) is 26.4 Å². The zero-order chi connectivity index (χ0) is 16.1. The molecule has 0 radical (unpaired) electrons. The standard InChI is InChI=1S/C16H20N2O4.ClH/c1-10(11-4-5-14(20-2)15(7-11)21-3)18-16(19)12-6-13(8-17)22-9-12;/h4-7,9-10H,8,17H2,1-3H3,(H,18,19);1H. The van der Waals surface area contributed by atoms with E-state index in [1.165, 1.54) is 6.26 Å². The van der Waals surface area contributed by atoms with Crippen LogP contribution in [0.15, 0.2) is 34.9 Å². The molecule has 0 spiro atoms. The summed E-state index contributed by atoms with van der Waals surface area (Å²) in [7, 11) is 3.15. The molecule has 0 aliphatic carbocycles. The van der Waals surface area contributed by atoms with Gasteiger partial charge in [-0.15, -0.1) is 12.4 Å². The fraction of sp³-hybridized carbons (Fsp3) is 0.312. The van der Waals surface area contributed by atoms with Crippen molar-refractivity contribution in [3.63, 3.8) is 0 Å². The number of hydrogen-bond donors (Lipinski definition) is 2. The van der Waals surface area contributed by atoms with Crippen molar-refractivity contribution in [2.75, 3.05) is 14.2 Å². The first-order valence-electron chi connectivity index (χ1n) is 6.89. The first kappa shape index (κ1) is 18.9. The van der Waals surface area contributed by atoms with Crippen molar-refractivity contribution in [1.82, 2.24) is 5.32 Å². The van der Waals surface area contributed by atoms with Gasteiger partial charge in [-0.25, -0.2) is 0 Å². The molecule has 23 heavy (non-hydrogen) atoms. The maximum absolute atomic E-state index is 12.2. The van der Waals surface area contributed by atoms with E-state index in [-0.39, 0.29) is 30.9 Å². The molecule has 1 heterocycles. The molecule has 0 aliphatic rings. The van der Waals surface area contributed by atoms with Crippen LogP contribution >= 0.6 is 12.4 Å². The Morgan fingerprint density at radius 3 is 2.52 bits per heavy atom. The van der Waals surface area contributed by atoms with Crippen molar-refractivity contribution in [3.8, 4) is 11.5 Å². The number of hydrogen-bond acceptors (Lipinski definition) is 5. The first-order valence-corrected chi connectivity index (χ1v) is 6.89. The molecule has 1 amide bonds. The van der Waals surface area contributed by atoms with Gasteiger partial charge < -0.3 is 24.9 Å². The highest BCUT2D eigenvalue weighted by atomic mass is 35.5. The number of nitrogens with one attached hydrogen (secondary N) is 1. The molecule has 1 atom stereocenters. The minimum Gasteiger partial charge on any atom is -0.493 e. The van der Waals surface area contributed by atoms with Gasteiger partial charge in [0.05, 0.1) is 32.4 Å². The average Bonchev–Trinajstić information content (AvgIpc) is 3.03. The van der Waals surface area contributed by atoms with Crippen LogP contribution in [0.2, 0.25) is 0 Å². The Kier molecular flexibility index (Phi) is 6.93. The second kappa shape index (κ2) is 8.45. The van der Waals surface area contributed by atoms with Gasteiger partial charge in [0.1, 0.15) is 12.0 Å². The van der Waals surface area contributed by atoms with Crippen LogP contribution in [0.3, 0.4) is 0 Å². The van der Waals surface area contributed by atoms with Crippen LogP contribution in [0.5, 0.6) is 11.5 Å². The number of nitrogens with two attached hydrogens (primary N) is 1. The lowest BCUT2D eigenvalue weighted by molar-refractivity contribution is 0.0939. The summed E-state index contributed by atoms with van der Waals surface area (Å²) in [6, 6.07) is 6.97. The summed E-state index contributed by atoms with van der Waals surface area (Å²) in [4.78, 5) is 12.2. The highest BCUT2D eigenvalue weighted by Gasteiger charge is 2.15. The normalized spacial score (nSPS) is 11.3. The summed E-state index contributed by atoms with van der Waals surface area (Å²) in [5.41, 5.74) is 6.83. The molecule has 0 saturated heterocycles. The summed E-state index contributed by atoms with van der Waals surface area (Å²) < 4.78 is 15.6. The topological polar surface area (TPSA) is 86.7 Å². The number of carbonyl (C=O) groups excluding carboxylic acids is 1. The third kappa shape index (κ3) is 4.40. The largest absolute Gasteiger partial charge is 0.493 e. The van der Waals surface area contributed by atoms with Crippen LogP contribution in [0.4, 0.5) is 0 Å². The van der Waals surface area contributed by atoms with Gasteiger partial charge in [0.15, 0.2) is 11.5 Å². The Labute approximate surface area is 141 Å². The molecular formula is C16H21ClN2O4. The van der Waals surface area contributed by atoms with E-state index in [4.69, 9.17) is 19.6 Å². The lowest BCUT2D eigenvalue weighted by Gasteiger charge is -2.16. The Hall–Kier alpha value is -2.18. The van der Waals surface area contributed by atoms with Crippen molar-refractivity contribution in [2.24, 2.45) is 5.73 Å². The zero-order valence-corrected chi connectivity index (χ0v) is 14.1. The van der Waals surface area contributed by atoms with Crippen molar-refractivity contribution in [3.05, 3.63) is 47.4 Å². The number of ether oxygens (including phenoxy) is 2. The molecular weight excluding hydrogens is 320 g/mol. The molecule has 3 N–H and O–H groups in total. The smallest absolute Gasteiger partial charge is 0.255 e. The van der Waals surface area contributed by atoms with Crippen molar-refractivity contribution >= 4 is 18.3 Å². The van der Waals surface area contributed by atoms with Crippen molar-refractivity contribution in [2.45, 2.75) is 19.5 Å². The van der Waals surface area contributed by atoms with E-state index >= 15 is 0 Å². The van der Waals surface area contributed by atoms with E-state index in [0.717, 1.165) is 5.56 Å². The highest BCUT2D eigenvalue weighted by Crippen LogP contribution is 2.29. The lowest BCUT2D eigenvalue weighted by atomic mass is 10.1. The predicted octanol–water partition coefficient (Wildman–Crippen LogP) is 2.67. The molecule has 1 aromatic heterocycles. The SMILES string of the molecule is COc1ccc(C(C)NC(=O)c2coc(CN)c2)cc1OC.Cl. The Morgan fingerprint density at radius 1 is 1.26 bits per heavy atom. The molecule has 1 unspecified atom stereocenters. The third-order valence-electron chi connectivity index (χ3n) is 3.37. The van der Waals surface area contributed by atoms with Gasteiger partial charge >= 0.3 is 0 Å². The maximum Gasteiger partial charge on any atom is 0.255 e. The summed E-state index contributed by atoms with van der Waals surface area (Å²) in [6.07, 6.45) is 1.40. The molecule has 6 nitrogen and oxygen atoms in total. The number of carbonyl (C=O) groups is 1. The number of benzene rings is 1. The van der Waals surface area contributed by atoms with Gasteiger partial charge in [-0.2, -0.15) is 0 Å². The quantitative estimate of drug-likeness (QED) is 0.844. The minimum atomic E-state index is -0.217. The maximum atomic E-state index is 12.2. The molecule has 0 saturated carbocycles. The summed E-state index contributed by atoms with van der Waals surface area (Å²) in [5, 5.41) is 2.90. The van der Waals surface area contributed by atoms with Crippen LogP contribution in [-0.2, 0) is 6.54 Å². The Morgan fingerprint density at radius 2 is 1.96 bits per heavy atom. The molecule has 0 fully saturated rings. The van der Waals surface area contributed by atoms with Gasteiger partial charge in [0.25, 0.3) is 5.91 Å². The van der Waals surface area contributed by atoms with Gasteiger partial charge in [0.2, 0.25) is 0 Å². The lowest BCUT2D eigenvalue weighted by Crippen LogP contribution is -2.26. The zero-order valence-electron chi connectivity index (χ0n) is 13.3. The Bertz CT molecular complexity index is 657. The van der Waals surface area contributed by atoms with Crippen LogP contribution in [0.25, 0.3) is 0 Å². The van der Waals surface area contributed by atoms with Crippen molar-refractivity contribution < 1.29 is 18.7 Å². The predicted molar refractivity (Wildman–Crippen MR) is 89.3 cm³/mol. The van der Waals surface area contributed by atoms with Crippen LogP contribution in [0.1, 0.15) is 34.6 Å². The van der Waals surface area contributed by atoms with Crippen LogP contribution in [-0.4, -0.2) is 20.1 Å². The number of amides is 1. The molecule has 126 valence electrons. The van der Waals surface area contributed by atoms with E-state index in [1.807, 2.05) is 19.1 Å². The molecule has 0 aliphatic heterocycles. The second-order valence-electron chi connectivity index (χ2n) is 4.82. The average molecular weight is 341 g/mol. The van der Waals surface area contributed by atoms with Gasteiger partial charge in [0, 0.05) is 0 Å². The molecule has 2 aromatic rings. The van der Waals surface area contributed by atoms with Gasteiger partial charge in [-0.1, -0.05) is 6.07 Å². The molecule has 0 bridgehead atoms. The summed E-state index contributed by atoms with van der Waals surface area (Å²) in [5.74, 6) is 1.62. The van der Waals surface area contributed by atoms with Crippen LogP contribution in [0, 0.1) is 0 Å². The monoisotopic (exact) mass is 340 g/mol. The van der Waals surface area contributed by atoms with Gasteiger partial charge in [-0.05, 0) is 30.7 Å². The summed E-state index contributed by atoms with van der Waals surface area (Å²) >= 11 is 0. The van der Waals surface area contributed by atoms with E-state index < -0.39 is 0 Å². The molecule has 2 rings (SSSR count).